The number of fused-ring (bicyclic) bond motifs is 3. The molecule has 1 aliphatic carbocycles. The number of non-ortho nitro benzene ring substituents is 1. The van der Waals surface area contributed by atoms with Crippen LogP contribution in [0.2, 0.25) is 0 Å². The third kappa shape index (κ3) is 1.75. The van der Waals surface area contributed by atoms with Crippen LogP contribution in [0.25, 0.3) is 11.1 Å². The maximum atomic E-state index is 12.0. The number of benzene rings is 1. The number of aromatic nitrogens is 2. The lowest BCUT2D eigenvalue weighted by Gasteiger charge is -2.17. The number of nitro groups is 1. The van der Waals surface area contributed by atoms with Gasteiger partial charge in [-0.25, -0.2) is 4.98 Å². The van der Waals surface area contributed by atoms with E-state index in [1.165, 1.54) is 12.1 Å². The first kappa shape index (κ1) is 11.4. The summed E-state index contributed by atoms with van der Waals surface area (Å²) in [7, 11) is 0. The first-order valence-electron chi connectivity index (χ1n) is 5.72. The Hall–Kier alpha value is -2.70. The molecule has 7 nitrogen and oxygen atoms in total. The fourth-order valence-electron chi connectivity index (χ4n) is 2.40. The number of H-pyrrole nitrogens is 1. The number of nitro benzene ring substituents is 1. The summed E-state index contributed by atoms with van der Waals surface area (Å²) in [6.07, 6.45) is 1.16. The van der Waals surface area contributed by atoms with Gasteiger partial charge in [0.2, 0.25) is 5.95 Å². The van der Waals surface area contributed by atoms with Crippen LogP contribution in [0.3, 0.4) is 0 Å². The van der Waals surface area contributed by atoms with Crippen LogP contribution in [0.15, 0.2) is 23.0 Å². The minimum atomic E-state index is -0.443. The summed E-state index contributed by atoms with van der Waals surface area (Å²) in [6, 6.07) is 4.50. The molecule has 0 bridgehead atoms. The largest absolute Gasteiger partial charge is 0.369 e. The predicted molar refractivity (Wildman–Crippen MR) is 68.8 cm³/mol. The number of hydrogen-bond donors (Lipinski definition) is 2. The molecule has 0 spiro atoms. The molecular weight excluding hydrogens is 248 g/mol. The van der Waals surface area contributed by atoms with Gasteiger partial charge in [-0.15, -0.1) is 0 Å². The standard InChI is InChI=1S/C12H10N4O3/c13-12-14-9-4-1-6-5-7(16(18)19)2-3-8(6)10(9)11(17)15-12/h2-3,5H,1,4H2,(H3,13,14,15,17). The molecule has 1 aromatic heterocycles. The molecule has 0 aliphatic heterocycles. The minimum absolute atomic E-state index is 0.0297. The van der Waals surface area contributed by atoms with E-state index in [-0.39, 0.29) is 17.2 Å². The molecule has 1 aliphatic rings. The predicted octanol–water partition coefficient (Wildman–Crippen LogP) is 1.03. The molecule has 3 rings (SSSR count). The number of aryl methyl sites for hydroxylation is 2. The van der Waals surface area contributed by atoms with E-state index in [0.717, 1.165) is 5.56 Å². The average molecular weight is 258 g/mol. The van der Waals surface area contributed by atoms with Gasteiger partial charge in [-0.05, 0) is 30.0 Å². The minimum Gasteiger partial charge on any atom is -0.369 e. The van der Waals surface area contributed by atoms with Crippen molar-refractivity contribution in [3.05, 3.63) is 49.9 Å². The van der Waals surface area contributed by atoms with Crippen LogP contribution in [-0.2, 0) is 12.8 Å². The summed E-state index contributed by atoms with van der Waals surface area (Å²) >= 11 is 0. The Morgan fingerprint density at radius 2 is 2.16 bits per heavy atom. The number of nitrogen functional groups attached to an aromatic ring is 1. The molecular formula is C12H10N4O3. The Morgan fingerprint density at radius 3 is 2.89 bits per heavy atom. The molecule has 0 saturated heterocycles. The number of aromatic amines is 1. The molecule has 2 aromatic rings. The molecule has 0 amide bonds. The molecule has 3 N–H and O–H groups in total. The monoisotopic (exact) mass is 258 g/mol. The normalized spacial score (nSPS) is 12.6. The second-order valence-corrected chi connectivity index (χ2v) is 4.37. The summed E-state index contributed by atoms with van der Waals surface area (Å²) in [5.41, 5.74) is 7.82. The summed E-state index contributed by atoms with van der Waals surface area (Å²) < 4.78 is 0. The average Bonchev–Trinajstić information content (AvgIpc) is 2.36. The number of anilines is 1. The van der Waals surface area contributed by atoms with Gasteiger partial charge >= 0.3 is 0 Å². The van der Waals surface area contributed by atoms with Crippen molar-refractivity contribution >= 4 is 11.6 Å². The third-order valence-corrected chi connectivity index (χ3v) is 3.21. The fourth-order valence-corrected chi connectivity index (χ4v) is 2.40. The lowest BCUT2D eigenvalue weighted by atomic mass is 9.89. The molecule has 1 aromatic carbocycles. The van der Waals surface area contributed by atoms with Crippen LogP contribution < -0.4 is 11.3 Å². The molecule has 0 unspecified atom stereocenters. The van der Waals surface area contributed by atoms with E-state index in [4.69, 9.17) is 5.73 Å². The lowest BCUT2D eigenvalue weighted by molar-refractivity contribution is -0.384. The molecule has 0 atom stereocenters. The van der Waals surface area contributed by atoms with Crippen molar-refractivity contribution < 1.29 is 4.92 Å². The van der Waals surface area contributed by atoms with E-state index in [1.807, 2.05) is 0 Å². The topological polar surface area (TPSA) is 115 Å². The maximum Gasteiger partial charge on any atom is 0.269 e. The first-order chi connectivity index (χ1) is 9.06. The lowest BCUT2D eigenvalue weighted by Crippen LogP contribution is -2.20. The van der Waals surface area contributed by atoms with Crippen LogP contribution in [0.4, 0.5) is 11.6 Å². The van der Waals surface area contributed by atoms with Crippen molar-refractivity contribution in [2.75, 3.05) is 5.73 Å². The number of nitrogens with one attached hydrogen (secondary N) is 1. The van der Waals surface area contributed by atoms with Crippen LogP contribution in [0.5, 0.6) is 0 Å². The van der Waals surface area contributed by atoms with Gasteiger partial charge in [0.05, 0.1) is 16.2 Å². The Bertz CT molecular complexity index is 751. The van der Waals surface area contributed by atoms with Gasteiger partial charge in [-0.3, -0.25) is 19.9 Å². The highest BCUT2D eigenvalue weighted by Crippen LogP contribution is 2.32. The van der Waals surface area contributed by atoms with Gasteiger partial charge in [0, 0.05) is 12.1 Å². The molecule has 19 heavy (non-hydrogen) atoms. The van der Waals surface area contributed by atoms with Crippen molar-refractivity contribution in [3.8, 4) is 11.1 Å². The molecule has 1 heterocycles. The summed E-state index contributed by atoms with van der Waals surface area (Å²) in [5, 5.41) is 10.8. The zero-order valence-corrected chi connectivity index (χ0v) is 9.84. The Balaban J connectivity index is 2.25. The highest BCUT2D eigenvalue weighted by atomic mass is 16.6. The van der Waals surface area contributed by atoms with Gasteiger partial charge in [0.15, 0.2) is 0 Å². The summed E-state index contributed by atoms with van der Waals surface area (Å²) in [6.45, 7) is 0. The van der Waals surface area contributed by atoms with Crippen LogP contribution in [0.1, 0.15) is 11.3 Å². The fraction of sp³-hybridized carbons (Fsp3) is 0.167. The van der Waals surface area contributed by atoms with Gasteiger partial charge in [0.1, 0.15) is 0 Å². The maximum absolute atomic E-state index is 12.0. The zero-order chi connectivity index (χ0) is 13.6. The van der Waals surface area contributed by atoms with E-state index in [0.29, 0.717) is 29.7 Å². The van der Waals surface area contributed by atoms with Crippen molar-refractivity contribution in [2.24, 2.45) is 0 Å². The molecule has 0 fully saturated rings. The van der Waals surface area contributed by atoms with Crippen molar-refractivity contribution in [2.45, 2.75) is 12.8 Å². The second-order valence-electron chi connectivity index (χ2n) is 4.37. The van der Waals surface area contributed by atoms with Crippen molar-refractivity contribution in [3.63, 3.8) is 0 Å². The first-order valence-corrected chi connectivity index (χ1v) is 5.72. The van der Waals surface area contributed by atoms with Crippen LogP contribution in [0, 0.1) is 10.1 Å². The summed E-state index contributed by atoms with van der Waals surface area (Å²) in [4.78, 5) is 28.8. The van der Waals surface area contributed by atoms with Gasteiger partial charge in [-0.1, -0.05) is 0 Å². The summed E-state index contributed by atoms with van der Waals surface area (Å²) in [5.74, 6) is 0.0918. The Morgan fingerprint density at radius 1 is 1.37 bits per heavy atom. The quantitative estimate of drug-likeness (QED) is 0.585. The molecule has 0 saturated carbocycles. The van der Waals surface area contributed by atoms with E-state index in [2.05, 4.69) is 9.97 Å². The highest BCUT2D eigenvalue weighted by molar-refractivity contribution is 5.72. The molecule has 0 radical (unpaired) electrons. The zero-order valence-electron chi connectivity index (χ0n) is 9.84. The van der Waals surface area contributed by atoms with Crippen LogP contribution in [-0.4, -0.2) is 14.9 Å². The van der Waals surface area contributed by atoms with E-state index in [9.17, 15) is 14.9 Å². The smallest absolute Gasteiger partial charge is 0.269 e. The Kier molecular flexibility index (Phi) is 2.34. The van der Waals surface area contributed by atoms with Crippen molar-refractivity contribution in [1.29, 1.82) is 0 Å². The third-order valence-electron chi connectivity index (χ3n) is 3.21. The number of hydrogen-bond acceptors (Lipinski definition) is 5. The van der Waals surface area contributed by atoms with Gasteiger partial charge in [0.25, 0.3) is 11.2 Å². The van der Waals surface area contributed by atoms with Crippen molar-refractivity contribution in [1.82, 2.24) is 9.97 Å². The van der Waals surface area contributed by atoms with Gasteiger partial charge < -0.3 is 5.73 Å². The van der Waals surface area contributed by atoms with Crippen LogP contribution >= 0.6 is 0 Å². The van der Waals surface area contributed by atoms with E-state index in [1.54, 1.807) is 6.07 Å². The molecule has 7 heteroatoms. The highest BCUT2D eigenvalue weighted by Gasteiger charge is 2.22. The number of nitrogens with two attached hydrogens (primary N) is 1. The van der Waals surface area contributed by atoms with Gasteiger partial charge in [-0.2, -0.15) is 0 Å². The number of nitrogens with zero attached hydrogens (tertiary/aromatic N) is 2. The van der Waals surface area contributed by atoms with E-state index < -0.39 is 4.92 Å². The Labute approximate surface area is 107 Å². The second kappa shape index (κ2) is 3.91. The number of rotatable bonds is 1. The SMILES string of the molecule is Nc1nc2c(c(=O)[nH]1)-c1ccc([N+](=O)[O-])cc1CC2. The van der Waals surface area contributed by atoms with E-state index >= 15 is 0 Å². The molecule has 96 valence electrons.